The molecule has 4 rings (SSSR count). The first-order chi connectivity index (χ1) is 14.4. The maximum atomic E-state index is 12.2. The Balaban J connectivity index is 1.74. The van der Waals surface area contributed by atoms with Gasteiger partial charge in [0, 0.05) is 38.3 Å². The van der Waals surface area contributed by atoms with Gasteiger partial charge in [0.05, 0.1) is 11.8 Å². The summed E-state index contributed by atoms with van der Waals surface area (Å²) < 4.78 is 3.80. The van der Waals surface area contributed by atoms with Crippen molar-refractivity contribution in [3.63, 3.8) is 0 Å². The van der Waals surface area contributed by atoms with Crippen LogP contribution in [0.3, 0.4) is 0 Å². The van der Waals surface area contributed by atoms with Crippen molar-refractivity contribution >= 4 is 17.3 Å². The number of carbonyl (C=O) groups excluding carboxylic acids is 1. The number of aryl methyl sites for hydroxylation is 2. The van der Waals surface area contributed by atoms with Gasteiger partial charge in [-0.25, -0.2) is 19.7 Å². The molecule has 0 saturated carbocycles. The van der Waals surface area contributed by atoms with E-state index in [2.05, 4.69) is 15.1 Å². The highest BCUT2D eigenvalue weighted by atomic mass is 17.2. The van der Waals surface area contributed by atoms with E-state index in [1.807, 2.05) is 44.0 Å². The van der Waals surface area contributed by atoms with Gasteiger partial charge in [0.15, 0.2) is 11.2 Å². The van der Waals surface area contributed by atoms with Crippen molar-refractivity contribution in [1.82, 2.24) is 34.2 Å². The molecule has 0 aromatic carbocycles. The Morgan fingerprint density at radius 1 is 1.20 bits per heavy atom. The molecule has 3 aromatic heterocycles. The molecule has 0 radical (unpaired) electrons. The molecule has 0 atom stereocenters. The predicted octanol–water partition coefficient (Wildman–Crippen LogP) is 3.20. The number of nitrogens with zero attached hydrogens (tertiary/aromatic N) is 7. The number of amides is 1. The van der Waals surface area contributed by atoms with E-state index in [1.165, 1.54) is 0 Å². The minimum absolute atomic E-state index is 0.0639. The molecule has 10 heteroatoms. The third-order valence-corrected chi connectivity index (χ3v) is 5.42. The van der Waals surface area contributed by atoms with E-state index >= 15 is 0 Å². The summed E-state index contributed by atoms with van der Waals surface area (Å²) in [6.07, 6.45) is 3.23. The van der Waals surface area contributed by atoms with Crippen LogP contribution in [-0.4, -0.2) is 53.4 Å². The first kappa shape index (κ1) is 20.1. The van der Waals surface area contributed by atoms with Crippen LogP contribution in [0.25, 0.3) is 22.6 Å². The Bertz CT molecular complexity index is 1080. The molecule has 0 unspecified atom stereocenters. The smallest absolute Gasteiger partial charge is 0.311 e. The van der Waals surface area contributed by atoms with Crippen LogP contribution in [0.1, 0.15) is 51.0 Å². The van der Waals surface area contributed by atoms with Gasteiger partial charge in [-0.3, -0.25) is 9.57 Å². The molecule has 1 saturated heterocycles. The summed E-state index contributed by atoms with van der Waals surface area (Å²) in [7, 11) is 1.89. The largest absolute Gasteiger partial charge is 0.452 e. The molecule has 0 aliphatic carbocycles. The second-order valence-corrected chi connectivity index (χ2v) is 7.79. The van der Waals surface area contributed by atoms with Crippen LogP contribution >= 0.6 is 0 Å². The molecular formula is C20H27N7O3. The zero-order chi connectivity index (χ0) is 21.4. The summed E-state index contributed by atoms with van der Waals surface area (Å²) in [5.41, 5.74) is 2.97. The average Bonchev–Trinajstić information content (AvgIpc) is 3.45. The molecular weight excluding hydrogens is 386 g/mol. The monoisotopic (exact) mass is 413 g/mol. The van der Waals surface area contributed by atoms with E-state index in [-0.39, 0.29) is 11.8 Å². The molecule has 1 amide bonds. The number of imidazole rings is 1. The Kier molecular flexibility index (Phi) is 5.31. The first-order valence-corrected chi connectivity index (χ1v) is 10.3. The lowest BCUT2D eigenvalue weighted by Gasteiger charge is -2.13. The second-order valence-electron chi connectivity index (χ2n) is 7.79. The molecule has 1 fully saturated rings. The molecule has 1 aliphatic rings. The lowest BCUT2D eigenvalue weighted by molar-refractivity contribution is -0.155. The van der Waals surface area contributed by atoms with Gasteiger partial charge in [-0.15, -0.1) is 0 Å². The van der Waals surface area contributed by atoms with Crippen LogP contribution in [0.4, 0.5) is 4.79 Å². The Labute approximate surface area is 174 Å². The van der Waals surface area contributed by atoms with E-state index in [4.69, 9.17) is 14.8 Å². The summed E-state index contributed by atoms with van der Waals surface area (Å²) in [6.45, 7) is 10.2. The number of hydrogen-bond acceptors (Lipinski definition) is 7. The zero-order valence-corrected chi connectivity index (χ0v) is 18.0. The molecule has 0 bridgehead atoms. The lowest BCUT2D eigenvalue weighted by atomic mass is 10.2. The highest BCUT2D eigenvalue weighted by molar-refractivity contribution is 5.81. The van der Waals surface area contributed by atoms with Crippen molar-refractivity contribution < 1.29 is 14.6 Å². The van der Waals surface area contributed by atoms with Gasteiger partial charge in [-0.2, -0.15) is 10.1 Å². The Hall–Kier alpha value is -3.17. The number of hydrogen-bond donors (Lipinski definition) is 0. The van der Waals surface area contributed by atoms with Gasteiger partial charge in [0.1, 0.15) is 11.6 Å². The molecule has 4 heterocycles. The SMILES string of the molecule is CCn1ncc(-c2nc3c(OOC(=O)N4CCCC4)nc(C(C)C)nc3n2C)c1C. The van der Waals surface area contributed by atoms with Gasteiger partial charge >= 0.3 is 12.0 Å². The number of fused-ring (bicyclic) bond motifs is 1. The fourth-order valence-corrected chi connectivity index (χ4v) is 3.62. The van der Waals surface area contributed by atoms with Gasteiger partial charge in [0.2, 0.25) is 0 Å². The fraction of sp³-hybridized carbons (Fsp3) is 0.550. The van der Waals surface area contributed by atoms with E-state index in [1.54, 1.807) is 11.1 Å². The van der Waals surface area contributed by atoms with E-state index < -0.39 is 6.09 Å². The third kappa shape index (κ3) is 3.46. The highest BCUT2D eigenvalue weighted by Gasteiger charge is 2.25. The van der Waals surface area contributed by atoms with E-state index in [0.717, 1.165) is 30.6 Å². The number of likely N-dealkylation sites (tertiary alicyclic amines) is 1. The quantitative estimate of drug-likeness (QED) is 0.468. The van der Waals surface area contributed by atoms with Crippen molar-refractivity contribution in [3.8, 4) is 17.3 Å². The fourth-order valence-electron chi connectivity index (χ4n) is 3.62. The van der Waals surface area contributed by atoms with Crippen LogP contribution in [-0.2, 0) is 18.5 Å². The molecule has 3 aromatic rings. The minimum atomic E-state index is -0.512. The topological polar surface area (TPSA) is 100 Å². The zero-order valence-electron chi connectivity index (χ0n) is 18.0. The summed E-state index contributed by atoms with van der Waals surface area (Å²) in [5, 5.41) is 4.41. The van der Waals surface area contributed by atoms with Gasteiger partial charge in [0.25, 0.3) is 0 Å². The Morgan fingerprint density at radius 3 is 2.57 bits per heavy atom. The van der Waals surface area contributed by atoms with E-state index in [0.29, 0.717) is 35.9 Å². The van der Waals surface area contributed by atoms with Crippen molar-refractivity contribution in [2.24, 2.45) is 7.05 Å². The summed E-state index contributed by atoms with van der Waals surface area (Å²) in [4.78, 5) is 38.2. The normalized spacial score (nSPS) is 14.1. The van der Waals surface area contributed by atoms with Crippen LogP contribution in [0.5, 0.6) is 5.88 Å². The Morgan fingerprint density at radius 2 is 1.93 bits per heavy atom. The first-order valence-electron chi connectivity index (χ1n) is 10.3. The van der Waals surface area contributed by atoms with Gasteiger partial charge < -0.3 is 9.47 Å². The maximum absolute atomic E-state index is 12.2. The predicted molar refractivity (Wildman–Crippen MR) is 110 cm³/mol. The lowest BCUT2D eigenvalue weighted by Crippen LogP contribution is -2.29. The minimum Gasteiger partial charge on any atom is -0.311 e. The van der Waals surface area contributed by atoms with Crippen molar-refractivity contribution in [2.75, 3.05) is 13.1 Å². The molecule has 0 spiro atoms. The summed E-state index contributed by atoms with van der Waals surface area (Å²) >= 11 is 0. The number of carbonyl (C=O) groups is 1. The van der Waals surface area contributed by atoms with Gasteiger partial charge in [-0.1, -0.05) is 13.8 Å². The molecule has 160 valence electrons. The van der Waals surface area contributed by atoms with Gasteiger partial charge in [-0.05, 0) is 26.7 Å². The summed E-state index contributed by atoms with van der Waals surface area (Å²) in [5.74, 6) is 1.49. The maximum Gasteiger partial charge on any atom is 0.452 e. The molecule has 0 N–H and O–H groups in total. The number of aromatic nitrogens is 6. The van der Waals surface area contributed by atoms with Crippen molar-refractivity contribution in [3.05, 3.63) is 17.7 Å². The third-order valence-electron chi connectivity index (χ3n) is 5.42. The van der Waals surface area contributed by atoms with Crippen LogP contribution in [0.2, 0.25) is 0 Å². The molecule has 10 nitrogen and oxygen atoms in total. The average molecular weight is 413 g/mol. The highest BCUT2D eigenvalue weighted by Crippen LogP contribution is 2.30. The number of rotatable bonds is 5. The van der Waals surface area contributed by atoms with Crippen LogP contribution in [0.15, 0.2) is 6.20 Å². The van der Waals surface area contributed by atoms with Crippen LogP contribution < -0.4 is 4.89 Å². The van der Waals surface area contributed by atoms with Crippen LogP contribution in [0, 0.1) is 6.92 Å². The molecule has 30 heavy (non-hydrogen) atoms. The second kappa shape index (κ2) is 7.92. The van der Waals surface area contributed by atoms with Crippen molar-refractivity contribution in [2.45, 2.75) is 53.0 Å². The van der Waals surface area contributed by atoms with E-state index in [9.17, 15) is 4.79 Å². The summed E-state index contributed by atoms with van der Waals surface area (Å²) in [6, 6.07) is 0. The standard InChI is InChI=1S/C20H27N7O3/c1-6-27-13(4)14(11-21-27)17-22-15-18(25(17)5)23-16(12(2)3)24-19(15)29-30-20(28)26-9-7-8-10-26/h11-12H,6-10H2,1-5H3. The molecule has 1 aliphatic heterocycles. The van der Waals surface area contributed by atoms with Crippen molar-refractivity contribution in [1.29, 1.82) is 0 Å².